The van der Waals surface area contributed by atoms with Gasteiger partial charge in [0.1, 0.15) is 22.0 Å². The molecule has 0 spiro atoms. The van der Waals surface area contributed by atoms with Crippen molar-refractivity contribution in [1.82, 2.24) is 9.97 Å². The number of pyridine rings is 2. The number of aryl methyl sites for hydroxylation is 1. The van der Waals surface area contributed by atoms with Crippen LogP contribution in [0.3, 0.4) is 0 Å². The predicted molar refractivity (Wildman–Crippen MR) is 170 cm³/mol. The van der Waals surface area contributed by atoms with E-state index in [1.165, 1.54) is 12.8 Å². The van der Waals surface area contributed by atoms with Crippen LogP contribution >= 0.6 is 0 Å². The third-order valence-corrected chi connectivity index (χ3v) is 8.32. The molecular formula is C31H42N4O2S2. The molecule has 0 bridgehead atoms. The third-order valence-electron chi connectivity index (χ3n) is 5.79. The predicted octanol–water partition coefficient (Wildman–Crippen LogP) is 8.08. The average molecular weight is 567 g/mol. The second-order valence-corrected chi connectivity index (χ2v) is 11.0. The van der Waals surface area contributed by atoms with Crippen LogP contribution in [-0.4, -0.2) is 30.7 Å². The molecule has 1 fully saturated rings. The van der Waals surface area contributed by atoms with Gasteiger partial charge in [0.2, 0.25) is 0 Å². The smallest absolute Gasteiger partial charge is 0.150 e. The molecule has 1 aliphatic rings. The Bertz CT molecular complexity index is 1350. The second kappa shape index (κ2) is 16.8. The minimum absolute atomic E-state index is 0.657. The van der Waals surface area contributed by atoms with Crippen molar-refractivity contribution in [2.45, 2.75) is 66.2 Å². The standard InChI is InChI=1S/C23H20N4O2S2.C4H10.2C2H6/c1-16-4-5-17(15-21(16)23-20-3-2-11-24-22(20)10-12-25-23)26-31(29)19-8-6-18(7-9-19)27-13-14-30(27)28;1-3-4-2;2*1-2/h2-12,15,26H,13-14H2,1H3;3-4H2,1-2H3;2*1-2H3. The van der Waals surface area contributed by atoms with E-state index in [0.717, 1.165) is 45.6 Å². The monoisotopic (exact) mass is 566 g/mol. The van der Waals surface area contributed by atoms with Crippen molar-refractivity contribution < 1.29 is 8.42 Å². The van der Waals surface area contributed by atoms with Gasteiger partial charge in [0, 0.05) is 41.3 Å². The number of rotatable bonds is 6. The second-order valence-electron chi connectivity index (χ2n) is 8.25. The molecule has 1 N–H and O–H groups in total. The van der Waals surface area contributed by atoms with Gasteiger partial charge in [-0.05, 0) is 67.1 Å². The van der Waals surface area contributed by atoms with Gasteiger partial charge < -0.3 is 4.72 Å². The van der Waals surface area contributed by atoms with Gasteiger partial charge in [-0.15, -0.1) is 0 Å². The lowest BCUT2D eigenvalue weighted by atomic mass is 10.0. The topological polar surface area (TPSA) is 75.2 Å². The Morgan fingerprint density at radius 2 is 1.62 bits per heavy atom. The molecule has 0 radical (unpaired) electrons. The van der Waals surface area contributed by atoms with Crippen LogP contribution in [0.4, 0.5) is 11.4 Å². The highest BCUT2D eigenvalue weighted by Gasteiger charge is 2.23. The van der Waals surface area contributed by atoms with E-state index >= 15 is 0 Å². The SMILES string of the molecule is CC.CC.CCCC.Cc1ccc(NS(=O)c2ccc(N3CCS3=O)cc2)cc1-c1nccc2ncccc12. The van der Waals surface area contributed by atoms with Crippen molar-refractivity contribution >= 4 is 44.2 Å². The molecule has 0 amide bonds. The van der Waals surface area contributed by atoms with Gasteiger partial charge in [0.05, 0.1) is 21.9 Å². The van der Waals surface area contributed by atoms with Crippen molar-refractivity contribution in [3.05, 3.63) is 78.6 Å². The molecule has 210 valence electrons. The summed E-state index contributed by atoms with van der Waals surface area (Å²) < 4.78 is 29.5. The van der Waals surface area contributed by atoms with E-state index in [1.54, 1.807) is 24.5 Å². The molecule has 1 aliphatic heterocycles. The minimum Gasteiger partial charge on any atom is -0.301 e. The molecule has 3 heterocycles. The Balaban J connectivity index is 0.000000602. The van der Waals surface area contributed by atoms with Crippen molar-refractivity contribution in [3.63, 3.8) is 0 Å². The number of nitrogens with one attached hydrogen (secondary N) is 1. The highest BCUT2D eigenvalue weighted by atomic mass is 32.2. The summed E-state index contributed by atoms with van der Waals surface area (Å²) in [6.45, 7) is 15.2. The molecule has 39 heavy (non-hydrogen) atoms. The van der Waals surface area contributed by atoms with E-state index in [0.29, 0.717) is 10.6 Å². The number of unbranched alkanes of at least 4 members (excludes halogenated alkanes) is 1. The van der Waals surface area contributed by atoms with Crippen LogP contribution in [-0.2, 0) is 22.0 Å². The number of nitrogens with zero attached hydrogens (tertiary/aromatic N) is 3. The fraction of sp³-hybridized carbons (Fsp3) is 0.355. The van der Waals surface area contributed by atoms with Gasteiger partial charge >= 0.3 is 0 Å². The number of aromatic nitrogens is 2. The lowest BCUT2D eigenvalue weighted by molar-refractivity contribution is 0.670. The van der Waals surface area contributed by atoms with Crippen LogP contribution < -0.4 is 9.03 Å². The van der Waals surface area contributed by atoms with E-state index in [4.69, 9.17) is 0 Å². The summed E-state index contributed by atoms with van der Waals surface area (Å²) in [5.41, 5.74) is 5.41. The summed E-state index contributed by atoms with van der Waals surface area (Å²) in [5.74, 6) is 0.701. The van der Waals surface area contributed by atoms with E-state index in [1.807, 2.05) is 87.5 Å². The van der Waals surface area contributed by atoms with Crippen molar-refractivity contribution in [1.29, 1.82) is 0 Å². The molecule has 5 rings (SSSR count). The maximum atomic E-state index is 12.9. The quantitative estimate of drug-likeness (QED) is 0.256. The van der Waals surface area contributed by atoms with Gasteiger partial charge in [-0.3, -0.25) is 14.3 Å². The molecule has 4 aromatic rings. The Hall–Kier alpha value is -3.10. The highest BCUT2D eigenvalue weighted by Crippen LogP contribution is 2.31. The van der Waals surface area contributed by atoms with Crippen LogP contribution in [0.25, 0.3) is 22.2 Å². The van der Waals surface area contributed by atoms with Gasteiger partial charge in [0.15, 0.2) is 0 Å². The minimum atomic E-state index is -1.42. The molecule has 0 saturated carbocycles. The zero-order valence-electron chi connectivity index (χ0n) is 24.2. The molecule has 2 atom stereocenters. The first-order chi connectivity index (χ1) is 19.0. The molecule has 6 nitrogen and oxygen atoms in total. The summed E-state index contributed by atoms with van der Waals surface area (Å²) in [6.07, 6.45) is 6.17. The number of anilines is 2. The first-order valence-electron chi connectivity index (χ1n) is 13.8. The van der Waals surface area contributed by atoms with Crippen molar-refractivity contribution in [2.75, 3.05) is 21.3 Å². The summed E-state index contributed by atoms with van der Waals surface area (Å²) in [6, 6.07) is 19.0. The maximum Gasteiger partial charge on any atom is 0.150 e. The van der Waals surface area contributed by atoms with Crippen LogP contribution in [0.5, 0.6) is 0 Å². The van der Waals surface area contributed by atoms with Gasteiger partial charge in [-0.25, -0.2) is 8.42 Å². The summed E-state index contributed by atoms with van der Waals surface area (Å²) >= 11 is 0. The largest absolute Gasteiger partial charge is 0.301 e. The Kier molecular flexibility index (Phi) is 13.8. The van der Waals surface area contributed by atoms with Gasteiger partial charge in [0.25, 0.3) is 0 Å². The fourth-order valence-electron chi connectivity index (χ4n) is 3.56. The molecule has 0 aliphatic carbocycles. The fourth-order valence-corrected chi connectivity index (χ4v) is 5.28. The number of hydrogen-bond acceptors (Lipinski definition) is 4. The van der Waals surface area contributed by atoms with Crippen LogP contribution in [0.2, 0.25) is 0 Å². The summed E-state index contributed by atoms with van der Waals surface area (Å²) in [7, 11) is -2.36. The lowest BCUT2D eigenvalue weighted by Gasteiger charge is -2.31. The van der Waals surface area contributed by atoms with Gasteiger partial charge in [-0.2, -0.15) is 0 Å². The van der Waals surface area contributed by atoms with E-state index in [2.05, 4.69) is 28.5 Å². The molecule has 8 heteroatoms. The first kappa shape index (κ1) is 32.1. The highest BCUT2D eigenvalue weighted by molar-refractivity contribution is 7.88. The maximum absolute atomic E-state index is 12.9. The first-order valence-corrected chi connectivity index (χ1v) is 16.2. The van der Waals surface area contributed by atoms with E-state index in [9.17, 15) is 8.42 Å². The van der Waals surface area contributed by atoms with E-state index < -0.39 is 22.0 Å². The normalized spacial score (nSPS) is 14.3. The number of benzene rings is 2. The molecule has 2 unspecified atom stereocenters. The number of fused-ring (bicyclic) bond motifs is 1. The van der Waals surface area contributed by atoms with Crippen molar-refractivity contribution in [2.24, 2.45) is 0 Å². The lowest BCUT2D eigenvalue weighted by Crippen LogP contribution is -2.42. The molecular weight excluding hydrogens is 525 g/mol. The zero-order valence-corrected chi connectivity index (χ0v) is 25.9. The van der Waals surface area contributed by atoms with Crippen LogP contribution in [0, 0.1) is 6.92 Å². The van der Waals surface area contributed by atoms with Gasteiger partial charge in [-0.1, -0.05) is 60.5 Å². The molecule has 2 aromatic heterocycles. The zero-order chi connectivity index (χ0) is 28.8. The molecule has 2 aromatic carbocycles. The Labute approximate surface area is 239 Å². The summed E-state index contributed by atoms with van der Waals surface area (Å²) in [5, 5.41) is 0.977. The van der Waals surface area contributed by atoms with Crippen molar-refractivity contribution in [3.8, 4) is 11.3 Å². The Morgan fingerprint density at radius 1 is 0.923 bits per heavy atom. The van der Waals surface area contributed by atoms with Crippen LogP contribution in [0.15, 0.2) is 78.0 Å². The third kappa shape index (κ3) is 8.44. The average Bonchev–Trinajstić information content (AvgIpc) is 2.99. The molecule has 1 saturated heterocycles. The van der Waals surface area contributed by atoms with Crippen LogP contribution in [0.1, 0.15) is 59.9 Å². The number of hydrogen-bond donors (Lipinski definition) is 1. The van der Waals surface area contributed by atoms with E-state index in [-0.39, 0.29) is 0 Å². The Morgan fingerprint density at radius 3 is 2.21 bits per heavy atom. The summed E-state index contributed by atoms with van der Waals surface area (Å²) in [4.78, 5) is 9.66.